The number of halogens is 1. The summed E-state index contributed by atoms with van der Waals surface area (Å²) in [7, 11) is 3.09. The highest BCUT2D eigenvalue weighted by Gasteiger charge is 2.17. The second-order valence-electron chi connectivity index (χ2n) is 6.80. The van der Waals surface area contributed by atoms with Crippen LogP contribution in [0.25, 0.3) is 0 Å². The van der Waals surface area contributed by atoms with Crippen molar-refractivity contribution in [2.24, 2.45) is 0 Å². The van der Waals surface area contributed by atoms with Gasteiger partial charge < -0.3 is 20.1 Å². The summed E-state index contributed by atoms with van der Waals surface area (Å²) in [6.45, 7) is 1.81. The van der Waals surface area contributed by atoms with Crippen LogP contribution in [0.2, 0.25) is 0 Å². The number of carbonyl (C=O) groups is 2. The standard InChI is InChI=1S/C24H23FN2O4S/c1-15(23(28)27-21-13-10-19(30-2)14-22(21)31-3)32-20-11-8-18(9-12-20)26-24(29)16-4-6-17(25)7-5-16/h4-15H,1-3H3,(H,26,29)(H,27,28). The summed E-state index contributed by atoms with van der Waals surface area (Å²) in [5.41, 5.74) is 1.53. The Morgan fingerprint density at radius 2 is 1.59 bits per heavy atom. The number of thioether (sulfide) groups is 1. The van der Waals surface area contributed by atoms with Gasteiger partial charge in [-0.1, -0.05) is 0 Å². The van der Waals surface area contributed by atoms with Crippen LogP contribution in [0.4, 0.5) is 15.8 Å². The molecular formula is C24H23FN2O4S. The third-order valence-electron chi connectivity index (χ3n) is 4.57. The Hall–Kier alpha value is -3.52. The summed E-state index contributed by atoms with van der Waals surface area (Å²) in [6.07, 6.45) is 0. The van der Waals surface area contributed by atoms with Crippen LogP contribution in [-0.2, 0) is 4.79 Å². The van der Waals surface area contributed by atoms with E-state index in [0.717, 1.165) is 4.90 Å². The van der Waals surface area contributed by atoms with Gasteiger partial charge in [-0.05, 0) is 67.6 Å². The first kappa shape index (κ1) is 23.1. The zero-order valence-corrected chi connectivity index (χ0v) is 18.7. The minimum Gasteiger partial charge on any atom is -0.497 e. The van der Waals surface area contributed by atoms with E-state index in [1.807, 2.05) is 12.1 Å². The largest absolute Gasteiger partial charge is 0.497 e. The smallest absolute Gasteiger partial charge is 0.255 e. The van der Waals surface area contributed by atoms with Crippen molar-refractivity contribution in [2.75, 3.05) is 24.9 Å². The van der Waals surface area contributed by atoms with Gasteiger partial charge in [-0.15, -0.1) is 11.8 Å². The number of hydrogen-bond acceptors (Lipinski definition) is 5. The van der Waals surface area contributed by atoms with Gasteiger partial charge >= 0.3 is 0 Å². The molecule has 3 rings (SSSR count). The van der Waals surface area contributed by atoms with E-state index < -0.39 is 5.82 Å². The number of nitrogens with one attached hydrogen (secondary N) is 2. The topological polar surface area (TPSA) is 76.7 Å². The predicted molar refractivity (Wildman–Crippen MR) is 124 cm³/mol. The molecule has 1 atom stereocenters. The van der Waals surface area contributed by atoms with Crippen molar-refractivity contribution in [1.82, 2.24) is 0 Å². The lowest BCUT2D eigenvalue weighted by Crippen LogP contribution is -2.22. The van der Waals surface area contributed by atoms with Gasteiger partial charge in [0.15, 0.2) is 0 Å². The molecule has 1 unspecified atom stereocenters. The van der Waals surface area contributed by atoms with Crippen molar-refractivity contribution in [3.63, 3.8) is 0 Å². The van der Waals surface area contributed by atoms with Gasteiger partial charge in [-0.2, -0.15) is 0 Å². The average molecular weight is 455 g/mol. The number of hydrogen-bond donors (Lipinski definition) is 2. The normalized spacial score (nSPS) is 11.4. The molecule has 0 aromatic heterocycles. The van der Waals surface area contributed by atoms with Crippen LogP contribution < -0.4 is 20.1 Å². The Balaban J connectivity index is 1.58. The van der Waals surface area contributed by atoms with Gasteiger partial charge in [0.2, 0.25) is 5.91 Å². The second-order valence-corrected chi connectivity index (χ2v) is 8.22. The first-order valence-electron chi connectivity index (χ1n) is 9.76. The van der Waals surface area contributed by atoms with Crippen molar-refractivity contribution in [3.8, 4) is 11.5 Å². The monoisotopic (exact) mass is 454 g/mol. The lowest BCUT2D eigenvalue weighted by molar-refractivity contribution is -0.115. The van der Waals surface area contributed by atoms with E-state index in [1.165, 1.54) is 43.1 Å². The van der Waals surface area contributed by atoms with Crippen LogP contribution in [0.15, 0.2) is 71.6 Å². The van der Waals surface area contributed by atoms with Gasteiger partial charge in [-0.3, -0.25) is 9.59 Å². The van der Waals surface area contributed by atoms with E-state index in [1.54, 1.807) is 44.4 Å². The maximum Gasteiger partial charge on any atom is 0.255 e. The molecule has 32 heavy (non-hydrogen) atoms. The highest BCUT2D eigenvalue weighted by atomic mass is 32.2. The molecule has 0 aliphatic heterocycles. The highest BCUT2D eigenvalue weighted by molar-refractivity contribution is 8.00. The summed E-state index contributed by atoms with van der Waals surface area (Å²) in [5.74, 6) is 0.246. The molecule has 0 saturated carbocycles. The maximum atomic E-state index is 13.0. The van der Waals surface area contributed by atoms with Crippen LogP contribution in [0.3, 0.4) is 0 Å². The van der Waals surface area contributed by atoms with Crippen LogP contribution in [0.5, 0.6) is 11.5 Å². The van der Waals surface area contributed by atoms with Crippen molar-refractivity contribution < 1.29 is 23.5 Å². The van der Waals surface area contributed by atoms with Crippen molar-refractivity contribution in [2.45, 2.75) is 17.1 Å². The molecule has 6 nitrogen and oxygen atoms in total. The Bertz CT molecular complexity index is 1090. The van der Waals surface area contributed by atoms with E-state index in [-0.39, 0.29) is 17.1 Å². The van der Waals surface area contributed by atoms with Crippen LogP contribution in [0.1, 0.15) is 17.3 Å². The number of methoxy groups -OCH3 is 2. The van der Waals surface area contributed by atoms with Gasteiger partial charge in [0.1, 0.15) is 17.3 Å². The zero-order valence-electron chi connectivity index (χ0n) is 17.8. The van der Waals surface area contributed by atoms with Gasteiger partial charge in [0.25, 0.3) is 5.91 Å². The lowest BCUT2D eigenvalue weighted by Gasteiger charge is -2.15. The first-order valence-corrected chi connectivity index (χ1v) is 10.6. The van der Waals surface area contributed by atoms with E-state index in [9.17, 15) is 14.0 Å². The SMILES string of the molecule is COc1ccc(NC(=O)C(C)Sc2ccc(NC(=O)c3ccc(F)cc3)cc2)c(OC)c1. The summed E-state index contributed by atoms with van der Waals surface area (Å²) in [4.78, 5) is 25.7. The molecule has 2 amide bonds. The molecular weight excluding hydrogens is 431 g/mol. The zero-order chi connectivity index (χ0) is 23.1. The van der Waals surface area contributed by atoms with Crippen LogP contribution >= 0.6 is 11.8 Å². The molecule has 2 N–H and O–H groups in total. The number of rotatable bonds is 8. The minimum atomic E-state index is -0.397. The molecule has 0 bridgehead atoms. The van der Waals surface area contributed by atoms with E-state index in [0.29, 0.717) is 28.4 Å². The Morgan fingerprint density at radius 1 is 0.906 bits per heavy atom. The lowest BCUT2D eigenvalue weighted by atomic mass is 10.2. The van der Waals surface area contributed by atoms with E-state index in [4.69, 9.17) is 9.47 Å². The number of benzene rings is 3. The van der Waals surface area contributed by atoms with Crippen molar-refractivity contribution in [1.29, 1.82) is 0 Å². The maximum absolute atomic E-state index is 13.0. The molecule has 0 heterocycles. The summed E-state index contributed by atoms with van der Waals surface area (Å²) < 4.78 is 23.5. The fourth-order valence-electron chi connectivity index (χ4n) is 2.82. The predicted octanol–water partition coefficient (Wildman–Crippen LogP) is 5.21. The fourth-order valence-corrected chi connectivity index (χ4v) is 3.68. The van der Waals surface area contributed by atoms with Gasteiger partial charge in [0, 0.05) is 22.2 Å². The minimum absolute atomic E-state index is 0.174. The molecule has 0 aliphatic carbocycles. The van der Waals surface area contributed by atoms with Crippen molar-refractivity contribution in [3.05, 3.63) is 78.1 Å². The van der Waals surface area contributed by atoms with Crippen molar-refractivity contribution >= 4 is 35.0 Å². The number of carbonyl (C=O) groups excluding carboxylic acids is 2. The number of amides is 2. The van der Waals surface area contributed by atoms with Gasteiger partial charge in [0.05, 0.1) is 25.2 Å². The highest BCUT2D eigenvalue weighted by Crippen LogP contribution is 2.31. The molecule has 3 aromatic carbocycles. The van der Waals surface area contributed by atoms with Crippen LogP contribution in [0, 0.1) is 5.82 Å². The third kappa shape index (κ3) is 6.01. The Kier molecular flexibility index (Phi) is 7.72. The Labute approximate surface area is 190 Å². The second kappa shape index (κ2) is 10.7. The molecule has 3 aromatic rings. The first-order chi connectivity index (χ1) is 15.4. The molecule has 8 heteroatoms. The number of ether oxygens (including phenoxy) is 2. The van der Waals surface area contributed by atoms with E-state index in [2.05, 4.69) is 10.6 Å². The molecule has 0 saturated heterocycles. The number of anilines is 2. The summed E-state index contributed by atoms with van der Waals surface area (Å²) >= 11 is 1.39. The summed E-state index contributed by atoms with van der Waals surface area (Å²) in [6, 6.07) is 17.6. The molecule has 0 radical (unpaired) electrons. The Morgan fingerprint density at radius 3 is 2.22 bits per heavy atom. The fraction of sp³-hybridized carbons (Fsp3) is 0.167. The summed E-state index contributed by atoms with van der Waals surface area (Å²) in [5, 5.41) is 5.26. The van der Waals surface area contributed by atoms with E-state index >= 15 is 0 Å². The quantitative estimate of drug-likeness (QED) is 0.457. The molecule has 0 fully saturated rings. The molecule has 0 spiro atoms. The molecule has 166 valence electrons. The van der Waals surface area contributed by atoms with Gasteiger partial charge in [-0.25, -0.2) is 4.39 Å². The molecule has 0 aliphatic rings. The van der Waals surface area contributed by atoms with Crippen LogP contribution in [-0.4, -0.2) is 31.3 Å². The average Bonchev–Trinajstić information content (AvgIpc) is 2.80. The third-order valence-corrected chi connectivity index (χ3v) is 5.68.